The molecule has 0 saturated heterocycles. The Balaban J connectivity index is 1.65. The molecule has 0 radical (unpaired) electrons. The lowest BCUT2D eigenvalue weighted by molar-refractivity contribution is 0.434. The Morgan fingerprint density at radius 3 is 2.50 bits per heavy atom. The van der Waals surface area contributed by atoms with Crippen molar-refractivity contribution in [2.75, 3.05) is 0 Å². The van der Waals surface area contributed by atoms with E-state index in [1.807, 2.05) is 36.4 Å². The SMILES string of the molecule is c1ccc(-c2cc(-c3cc4c(ccc5ccccc54)[nH]3)on2)cc1. The van der Waals surface area contributed by atoms with Gasteiger partial charge in [0, 0.05) is 22.5 Å². The van der Waals surface area contributed by atoms with Crippen molar-refractivity contribution >= 4 is 21.7 Å². The molecule has 0 saturated carbocycles. The molecule has 2 aromatic heterocycles. The molecule has 3 heteroatoms. The zero-order valence-corrected chi connectivity index (χ0v) is 12.9. The van der Waals surface area contributed by atoms with Crippen molar-refractivity contribution in [3.63, 3.8) is 0 Å². The number of hydrogen-bond donors (Lipinski definition) is 1. The molecule has 5 aromatic rings. The second-order valence-corrected chi connectivity index (χ2v) is 5.87. The Morgan fingerprint density at radius 1 is 0.750 bits per heavy atom. The molecular formula is C21H14N2O. The van der Waals surface area contributed by atoms with E-state index in [1.54, 1.807) is 0 Å². The van der Waals surface area contributed by atoms with Gasteiger partial charge in [0.1, 0.15) is 5.69 Å². The number of fused-ring (bicyclic) bond motifs is 3. The molecule has 0 fully saturated rings. The normalized spacial score (nSPS) is 11.3. The molecule has 1 N–H and O–H groups in total. The van der Waals surface area contributed by atoms with Crippen LogP contribution in [0.4, 0.5) is 0 Å². The minimum Gasteiger partial charge on any atom is -0.354 e. The molecule has 0 unspecified atom stereocenters. The van der Waals surface area contributed by atoms with Crippen molar-refractivity contribution in [2.24, 2.45) is 0 Å². The number of nitrogens with zero attached hydrogens (tertiary/aromatic N) is 1. The Morgan fingerprint density at radius 2 is 1.58 bits per heavy atom. The van der Waals surface area contributed by atoms with E-state index in [-0.39, 0.29) is 0 Å². The van der Waals surface area contributed by atoms with Crippen LogP contribution in [-0.4, -0.2) is 10.1 Å². The summed E-state index contributed by atoms with van der Waals surface area (Å²) in [5.74, 6) is 0.745. The van der Waals surface area contributed by atoms with E-state index in [0.717, 1.165) is 28.2 Å². The molecule has 3 nitrogen and oxygen atoms in total. The zero-order chi connectivity index (χ0) is 15.9. The van der Waals surface area contributed by atoms with Gasteiger partial charge in [-0.05, 0) is 22.9 Å². The van der Waals surface area contributed by atoms with Crippen LogP contribution < -0.4 is 0 Å². The quantitative estimate of drug-likeness (QED) is 0.458. The molecule has 3 aromatic carbocycles. The van der Waals surface area contributed by atoms with E-state index in [4.69, 9.17) is 4.52 Å². The van der Waals surface area contributed by atoms with E-state index in [1.165, 1.54) is 16.2 Å². The Labute approximate surface area is 138 Å². The first kappa shape index (κ1) is 13.1. The average molecular weight is 310 g/mol. The molecule has 0 bridgehead atoms. The lowest BCUT2D eigenvalue weighted by atomic mass is 10.1. The summed E-state index contributed by atoms with van der Waals surface area (Å²) in [5.41, 5.74) is 3.93. The van der Waals surface area contributed by atoms with Crippen LogP contribution in [0.2, 0.25) is 0 Å². The number of hydrogen-bond acceptors (Lipinski definition) is 2. The Kier molecular flexibility index (Phi) is 2.79. The van der Waals surface area contributed by atoms with Crippen LogP contribution in [0.25, 0.3) is 44.4 Å². The summed E-state index contributed by atoms with van der Waals surface area (Å²) >= 11 is 0. The number of aromatic nitrogens is 2. The number of benzene rings is 3. The topological polar surface area (TPSA) is 41.8 Å². The van der Waals surface area contributed by atoms with Crippen molar-refractivity contribution in [3.8, 4) is 22.7 Å². The molecule has 0 aliphatic rings. The smallest absolute Gasteiger partial charge is 0.183 e. The first-order valence-electron chi connectivity index (χ1n) is 7.91. The lowest BCUT2D eigenvalue weighted by Gasteiger charge is -1.97. The van der Waals surface area contributed by atoms with Gasteiger partial charge in [0.05, 0.1) is 5.69 Å². The van der Waals surface area contributed by atoms with Crippen LogP contribution in [0.3, 0.4) is 0 Å². The van der Waals surface area contributed by atoms with E-state index >= 15 is 0 Å². The third-order valence-electron chi connectivity index (χ3n) is 4.37. The van der Waals surface area contributed by atoms with Gasteiger partial charge in [-0.25, -0.2) is 0 Å². The maximum Gasteiger partial charge on any atom is 0.183 e. The van der Waals surface area contributed by atoms with E-state index in [2.05, 4.69) is 52.6 Å². The summed E-state index contributed by atoms with van der Waals surface area (Å²) in [4.78, 5) is 3.44. The maximum absolute atomic E-state index is 5.57. The fourth-order valence-electron chi connectivity index (χ4n) is 3.17. The number of rotatable bonds is 2. The van der Waals surface area contributed by atoms with Gasteiger partial charge < -0.3 is 9.51 Å². The molecule has 0 atom stereocenters. The number of H-pyrrole nitrogens is 1. The summed E-state index contributed by atoms with van der Waals surface area (Å²) in [6.07, 6.45) is 0. The van der Waals surface area contributed by atoms with Gasteiger partial charge in [-0.3, -0.25) is 0 Å². The van der Waals surface area contributed by atoms with Gasteiger partial charge in [-0.1, -0.05) is 65.8 Å². The van der Waals surface area contributed by atoms with Crippen LogP contribution in [0.1, 0.15) is 0 Å². The van der Waals surface area contributed by atoms with Crippen LogP contribution in [-0.2, 0) is 0 Å². The molecule has 24 heavy (non-hydrogen) atoms. The standard InChI is InChI=1S/C21H14N2O/c1-2-7-15(8-3-1)19-13-21(24-23-19)20-12-17-16-9-5-4-6-14(16)10-11-18(17)22-20/h1-13,22H. The highest BCUT2D eigenvalue weighted by Gasteiger charge is 2.12. The molecule has 2 heterocycles. The molecular weight excluding hydrogens is 296 g/mol. The van der Waals surface area contributed by atoms with Crippen molar-refractivity contribution in [1.29, 1.82) is 0 Å². The van der Waals surface area contributed by atoms with Gasteiger partial charge in [0.15, 0.2) is 5.76 Å². The molecule has 0 aliphatic carbocycles. The molecule has 5 rings (SSSR count). The molecule has 0 aliphatic heterocycles. The monoisotopic (exact) mass is 310 g/mol. The first-order chi connectivity index (χ1) is 11.9. The fraction of sp³-hybridized carbons (Fsp3) is 0. The summed E-state index contributed by atoms with van der Waals surface area (Å²) in [7, 11) is 0. The van der Waals surface area contributed by atoms with Crippen LogP contribution in [0, 0.1) is 0 Å². The van der Waals surface area contributed by atoms with Gasteiger partial charge >= 0.3 is 0 Å². The van der Waals surface area contributed by atoms with E-state index in [0.29, 0.717) is 0 Å². The number of aromatic amines is 1. The third kappa shape index (κ3) is 2.02. The molecule has 114 valence electrons. The van der Waals surface area contributed by atoms with Gasteiger partial charge in [0.2, 0.25) is 0 Å². The zero-order valence-electron chi connectivity index (χ0n) is 12.9. The summed E-state index contributed by atoms with van der Waals surface area (Å²) in [6.45, 7) is 0. The van der Waals surface area contributed by atoms with Gasteiger partial charge in [0.25, 0.3) is 0 Å². The summed E-state index contributed by atoms with van der Waals surface area (Å²) in [6, 6.07) is 26.8. The summed E-state index contributed by atoms with van der Waals surface area (Å²) < 4.78 is 5.57. The second-order valence-electron chi connectivity index (χ2n) is 5.87. The second kappa shape index (κ2) is 5.10. The highest BCUT2D eigenvalue weighted by Crippen LogP contribution is 2.31. The molecule has 0 spiro atoms. The van der Waals surface area contributed by atoms with Crippen molar-refractivity contribution in [1.82, 2.24) is 10.1 Å². The van der Waals surface area contributed by atoms with Crippen LogP contribution >= 0.6 is 0 Å². The minimum absolute atomic E-state index is 0.745. The fourth-order valence-corrected chi connectivity index (χ4v) is 3.17. The third-order valence-corrected chi connectivity index (χ3v) is 4.37. The first-order valence-corrected chi connectivity index (χ1v) is 7.91. The van der Waals surface area contributed by atoms with Crippen molar-refractivity contribution in [2.45, 2.75) is 0 Å². The van der Waals surface area contributed by atoms with Crippen molar-refractivity contribution in [3.05, 3.63) is 78.9 Å². The Bertz CT molecular complexity index is 1150. The predicted octanol–water partition coefficient (Wildman–Crippen LogP) is 5.64. The predicted molar refractivity (Wildman–Crippen MR) is 96.7 cm³/mol. The maximum atomic E-state index is 5.57. The highest BCUT2D eigenvalue weighted by molar-refractivity contribution is 6.07. The van der Waals surface area contributed by atoms with E-state index < -0.39 is 0 Å². The van der Waals surface area contributed by atoms with Crippen LogP contribution in [0.5, 0.6) is 0 Å². The summed E-state index contributed by atoms with van der Waals surface area (Å²) in [5, 5.41) is 7.87. The highest BCUT2D eigenvalue weighted by atomic mass is 16.5. The average Bonchev–Trinajstić information content (AvgIpc) is 3.29. The minimum atomic E-state index is 0.745. The van der Waals surface area contributed by atoms with Gasteiger partial charge in [-0.15, -0.1) is 0 Å². The van der Waals surface area contributed by atoms with Crippen LogP contribution in [0.15, 0.2) is 83.4 Å². The van der Waals surface area contributed by atoms with E-state index in [9.17, 15) is 0 Å². The van der Waals surface area contributed by atoms with Gasteiger partial charge in [-0.2, -0.15) is 0 Å². The van der Waals surface area contributed by atoms with Crippen molar-refractivity contribution < 1.29 is 4.52 Å². The molecule has 0 amide bonds. The number of nitrogens with one attached hydrogen (secondary N) is 1. The largest absolute Gasteiger partial charge is 0.354 e. The lowest BCUT2D eigenvalue weighted by Crippen LogP contribution is -1.74. The Hall–Kier alpha value is -3.33.